The Morgan fingerprint density at radius 3 is 2.72 bits per heavy atom. The predicted octanol–water partition coefficient (Wildman–Crippen LogP) is 5.47. The first-order valence-electron chi connectivity index (χ1n) is 10.4. The van der Waals surface area contributed by atoms with Crippen LogP contribution >= 0.6 is 0 Å². The van der Waals surface area contributed by atoms with E-state index >= 15 is 0 Å². The molecule has 2 aliphatic carbocycles. The van der Waals surface area contributed by atoms with Gasteiger partial charge in [-0.05, 0) is 68.2 Å². The average Bonchev–Trinajstić information content (AvgIpc) is 3.53. The molecule has 1 unspecified atom stereocenters. The first kappa shape index (κ1) is 18.0. The highest BCUT2D eigenvalue weighted by molar-refractivity contribution is 5.99. The molecular weight excluding hydrogens is 358 g/mol. The van der Waals surface area contributed by atoms with Crippen molar-refractivity contribution in [3.8, 4) is 0 Å². The Kier molecular flexibility index (Phi) is 4.42. The lowest BCUT2D eigenvalue weighted by Gasteiger charge is -2.22. The highest BCUT2D eigenvalue weighted by atomic mass is 16.1. The number of amides is 1. The van der Waals surface area contributed by atoms with Crippen LogP contribution in [0.2, 0.25) is 0 Å². The van der Waals surface area contributed by atoms with Crippen LogP contribution in [0, 0.1) is 5.41 Å². The summed E-state index contributed by atoms with van der Waals surface area (Å²) < 4.78 is 0. The van der Waals surface area contributed by atoms with E-state index in [1.807, 2.05) is 37.3 Å². The van der Waals surface area contributed by atoms with Crippen molar-refractivity contribution in [2.24, 2.45) is 5.41 Å². The van der Waals surface area contributed by atoms with Gasteiger partial charge in [0.25, 0.3) is 5.91 Å². The summed E-state index contributed by atoms with van der Waals surface area (Å²) in [4.78, 5) is 21.8. The Labute approximate surface area is 171 Å². The van der Waals surface area contributed by atoms with Crippen LogP contribution in [-0.2, 0) is 0 Å². The molecule has 1 atom stereocenters. The van der Waals surface area contributed by atoms with Crippen LogP contribution in [-0.4, -0.2) is 15.9 Å². The molecule has 0 bridgehead atoms. The minimum atomic E-state index is -0.159. The molecule has 29 heavy (non-hydrogen) atoms. The van der Waals surface area contributed by atoms with Gasteiger partial charge in [-0.25, -0.2) is 0 Å². The van der Waals surface area contributed by atoms with Crippen molar-refractivity contribution in [1.29, 1.82) is 0 Å². The molecule has 0 saturated heterocycles. The lowest BCUT2D eigenvalue weighted by molar-refractivity contribution is 0.0939. The monoisotopic (exact) mass is 383 g/mol. The van der Waals surface area contributed by atoms with Crippen LogP contribution in [0.15, 0.2) is 60.9 Å². The molecule has 5 rings (SSSR count). The lowest BCUT2D eigenvalue weighted by Crippen LogP contribution is -2.27. The Hall–Kier alpha value is -3.01. The number of carbonyl (C=O) groups is 1. The highest BCUT2D eigenvalue weighted by Gasteiger charge is 2.42. The molecular formula is C25H25N3O. The number of nitrogens with one attached hydrogen (secondary N) is 1. The van der Waals surface area contributed by atoms with Crippen LogP contribution in [0.3, 0.4) is 0 Å². The van der Waals surface area contributed by atoms with E-state index in [2.05, 4.69) is 28.5 Å². The van der Waals surface area contributed by atoms with Gasteiger partial charge in [0.05, 0.1) is 22.8 Å². The van der Waals surface area contributed by atoms with E-state index in [0.717, 1.165) is 23.0 Å². The smallest absolute Gasteiger partial charge is 0.253 e. The number of fused-ring (bicyclic) bond motifs is 1. The van der Waals surface area contributed by atoms with Gasteiger partial charge in [-0.2, -0.15) is 0 Å². The molecule has 4 nitrogen and oxygen atoms in total. The number of rotatable bonds is 4. The van der Waals surface area contributed by atoms with E-state index in [1.165, 1.54) is 36.8 Å². The normalized spacial score (nSPS) is 18.3. The van der Waals surface area contributed by atoms with Crippen molar-refractivity contribution in [1.82, 2.24) is 15.3 Å². The quantitative estimate of drug-likeness (QED) is 0.650. The number of para-hydroxylation sites is 1. The van der Waals surface area contributed by atoms with Gasteiger partial charge in [-0.1, -0.05) is 30.3 Å². The second kappa shape index (κ2) is 7.11. The molecule has 2 aromatic heterocycles. The highest BCUT2D eigenvalue weighted by Crippen LogP contribution is 2.56. The standard InChI is InChI=1S/C25H25N3O/c1-17(22-7-2-3-14-26-22)28-24(29)20-15-19-5-4-6-21(23(19)27-16-20)18-8-10-25(11-9-18)12-13-25/h2-8,14-17H,9-13H2,1H3,(H,28,29). The zero-order valence-electron chi connectivity index (χ0n) is 16.7. The predicted molar refractivity (Wildman–Crippen MR) is 115 cm³/mol. The fraction of sp³-hybridized carbons (Fsp3) is 0.320. The molecule has 1 spiro atoms. The number of hydrogen-bond donors (Lipinski definition) is 1. The van der Waals surface area contributed by atoms with Crippen molar-refractivity contribution in [2.75, 3.05) is 0 Å². The van der Waals surface area contributed by atoms with Crippen LogP contribution in [0.1, 0.15) is 66.7 Å². The van der Waals surface area contributed by atoms with Gasteiger partial charge in [-0.15, -0.1) is 0 Å². The second-order valence-corrected chi connectivity index (χ2v) is 8.48. The molecule has 0 radical (unpaired) electrons. The molecule has 2 heterocycles. The van der Waals surface area contributed by atoms with Crippen LogP contribution in [0.4, 0.5) is 0 Å². The maximum Gasteiger partial charge on any atom is 0.253 e. The van der Waals surface area contributed by atoms with E-state index < -0.39 is 0 Å². The van der Waals surface area contributed by atoms with Gasteiger partial charge in [0.1, 0.15) is 0 Å². The van der Waals surface area contributed by atoms with Crippen molar-refractivity contribution in [3.05, 3.63) is 77.8 Å². The third-order valence-corrected chi connectivity index (χ3v) is 6.46. The fourth-order valence-corrected chi connectivity index (χ4v) is 4.35. The van der Waals surface area contributed by atoms with Gasteiger partial charge >= 0.3 is 0 Å². The number of nitrogens with zero attached hydrogens (tertiary/aromatic N) is 2. The summed E-state index contributed by atoms with van der Waals surface area (Å²) in [5.41, 5.74) is 5.65. The number of aromatic nitrogens is 2. The summed E-state index contributed by atoms with van der Waals surface area (Å²) in [6.07, 6.45) is 12.2. The molecule has 1 saturated carbocycles. The van der Waals surface area contributed by atoms with Crippen molar-refractivity contribution in [3.63, 3.8) is 0 Å². The SMILES string of the molecule is CC(NC(=O)c1cnc2c(C3=CCC4(CC3)CC4)cccc2c1)c1ccccn1. The largest absolute Gasteiger partial charge is 0.344 e. The molecule has 2 aliphatic rings. The molecule has 1 N–H and O–H groups in total. The first-order chi connectivity index (χ1) is 14.1. The molecule has 146 valence electrons. The van der Waals surface area contributed by atoms with Gasteiger partial charge in [0.2, 0.25) is 0 Å². The lowest BCUT2D eigenvalue weighted by atomic mass is 9.84. The Morgan fingerprint density at radius 2 is 2.00 bits per heavy atom. The van der Waals surface area contributed by atoms with Crippen molar-refractivity contribution >= 4 is 22.4 Å². The minimum absolute atomic E-state index is 0.129. The summed E-state index contributed by atoms with van der Waals surface area (Å²) in [6.45, 7) is 1.94. The first-order valence-corrected chi connectivity index (χ1v) is 10.4. The molecule has 0 aliphatic heterocycles. The number of allylic oxidation sites excluding steroid dienone is 2. The second-order valence-electron chi connectivity index (χ2n) is 8.48. The molecule has 4 heteroatoms. The summed E-state index contributed by atoms with van der Waals surface area (Å²) in [5.74, 6) is -0.129. The Balaban J connectivity index is 1.39. The maximum absolute atomic E-state index is 12.7. The number of hydrogen-bond acceptors (Lipinski definition) is 3. The summed E-state index contributed by atoms with van der Waals surface area (Å²) in [7, 11) is 0. The molecule has 1 amide bonds. The van der Waals surface area contributed by atoms with E-state index in [9.17, 15) is 4.79 Å². The zero-order valence-corrected chi connectivity index (χ0v) is 16.7. The van der Waals surface area contributed by atoms with E-state index in [1.54, 1.807) is 12.4 Å². The summed E-state index contributed by atoms with van der Waals surface area (Å²) in [5, 5.41) is 4.03. The van der Waals surface area contributed by atoms with Crippen LogP contribution in [0.5, 0.6) is 0 Å². The fourth-order valence-electron chi connectivity index (χ4n) is 4.35. The Bertz CT molecular complexity index is 1100. The molecule has 1 fully saturated rings. The number of pyridine rings is 2. The minimum Gasteiger partial charge on any atom is -0.344 e. The van der Waals surface area contributed by atoms with Gasteiger partial charge < -0.3 is 5.32 Å². The third-order valence-electron chi connectivity index (χ3n) is 6.46. The number of benzene rings is 1. The van der Waals surface area contributed by atoms with Crippen LogP contribution < -0.4 is 5.32 Å². The maximum atomic E-state index is 12.7. The molecule has 1 aromatic carbocycles. The topological polar surface area (TPSA) is 54.9 Å². The molecule has 3 aromatic rings. The summed E-state index contributed by atoms with van der Waals surface area (Å²) in [6, 6.07) is 13.8. The average molecular weight is 383 g/mol. The van der Waals surface area contributed by atoms with Crippen molar-refractivity contribution in [2.45, 2.75) is 45.1 Å². The summed E-state index contributed by atoms with van der Waals surface area (Å²) >= 11 is 0. The van der Waals surface area contributed by atoms with E-state index in [4.69, 9.17) is 4.98 Å². The van der Waals surface area contributed by atoms with E-state index in [0.29, 0.717) is 11.0 Å². The number of carbonyl (C=O) groups excluding carboxylic acids is 1. The van der Waals surface area contributed by atoms with E-state index in [-0.39, 0.29) is 11.9 Å². The van der Waals surface area contributed by atoms with Crippen LogP contribution in [0.25, 0.3) is 16.5 Å². The van der Waals surface area contributed by atoms with Gasteiger partial charge in [-0.3, -0.25) is 14.8 Å². The van der Waals surface area contributed by atoms with Gasteiger partial charge in [0, 0.05) is 23.3 Å². The Morgan fingerprint density at radius 1 is 1.10 bits per heavy atom. The third kappa shape index (κ3) is 3.55. The zero-order chi connectivity index (χ0) is 19.8. The van der Waals surface area contributed by atoms with Crippen molar-refractivity contribution < 1.29 is 4.79 Å². The van der Waals surface area contributed by atoms with Gasteiger partial charge in [0.15, 0.2) is 0 Å².